The van der Waals surface area contributed by atoms with E-state index in [2.05, 4.69) is 16.9 Å². The molecule has 0 unspecified atom stereocenters. The van der Waals surface area contributed by atoms with Crippen molar-refractivity contribution in [2.24, 2.45) is 0 Å². The largest absolute Gasteiger partial charge is 0.281 e. The predicted molar refractivity (Wildman–Crippen MR) is 81.2 cm³/mol. The Morgan fingerprint density at radius 1 is 1.24 bits per heavy atom. The van der Waals surface area contributed by atoms with Crippen molar-refractivity contribution < 1.29 is 4.92 Å². The molecule has 1 aromatic carbocycles. The summed E-state index contributed by atoms with van der Waals surface area (Å²) in [4.78, 5) is 14.5. The van der Waals surface area contributed by atoms with Crippen LogP contribution >= 0.6 is 0 Å². The van der Waals surface area contributed by atoms with Crippen molar-refractivity contribution in [2.45, 2.75) is 6.92 Å². The highest BCUT2D eigenvalue weighted by atomic mass is 16.6. The zero-order valence-corrected chi connectivity index (χ0v) is 11.5. The Morgan fingerprint density at radius 3 is 2.67 bits per heavy atom. The number of non-ortho nitro benzene ring substituents is 1. The maximum Gasteiger partial charge on any atom is 0.270 e. The number of aromatic nitrogens is 2. The van der Waals surface area contributed by atoms with Crippen LogP contribution in [0.25, 0.3) is 10.9 Å². The van der Waals surface area contributed by atoms with E-state index in [0.29, 0.717) is 0 Å². The summed E-state index contributed by atoms with van der Waals surface area (Å²) in [6.45, 7) is 2.82. The SMILES string of the molecule is CCN(c1ccncc1)n1ccc2cc([N+](=O)[O-])ccc21. The fourth-order valence-corrected chi connectivity index (χ4v) is 2.41. The van der Waals surface area contributed by atoms with Crippen molar-refractivity contribution in [2.75, 3.05) is 11.6 Å². The first-order valence-corrected chi connectivity index (χ1v) is 6.64. The van der Waals surface area contributed by atoms with Gasteiger partial charge in [-0.1, -0.05) is 0 Å². The monoisotopic (exact) mass is 282 g/mol. The van der Waals surface area contributed by atoms with Gasteiger partial charge in [-0.3, -0.25) is 24.8 Å². The van der Waals surface area contributed by atoms with Crippen LogP contribution in [0.1, 0.15) is 6.92 Å². The normalized spacial score (nSPS) is 10.7. The number of anilines is 1. The molecule has 2 heterocycles. The smallest absolute Gasteiger partial charge is 0.270 e. The number of hydrogen-bond acceptors (Lipinski definition) is 4. The van der Waals surface area contributed by atoms with E-state index < -0.39 is 0 Å². The van der Waals surface area contributed by atoms with Crippen molar-refractivity contribution in [3.63, 3.8) is 0 Å². The standard InChI is InChI=1S/C15H14N4O2/c1-2-17(13-5-8-16-9-6-13)18-10-7-12-11-14(19(20)21)3-4-15(12)18/h3-11H,2H2,1H3. The lowest BCUT2D eigenvalue weighted by Gasteiger charge is -2.25. The summed E-state index contributed by atoms with van der Waals surface area (Å²) < 4.78 is 1.99. The fourth-order valence-electron chi connectivity index (χ4n) is 2.41. The lowest BCUT2D eigenvalue weighted by atomic mass is 10.2. The Hall–Kier alpha value is -2.89. The van der Waals surface area contributed by atoms with Gasteiger partial charge in [-0.2, -0.15) is 0 Å². The molecule has 3 aromatic rings. The molecule has 0 spiro atoms. The van der Waals surface area contributed by atoms with Crippen molar-refractivity contribution in [1.29, 1.82) is 0 Å². The predicted octanol–water partition coefficient (Wildman–Crippen LogP) is 3.23. The van der Waals surface area contributed by atoms with E-state index in [9.17, 15) is 10.1 Å². The summed E-state index contributed by atoms with van der Waals surface area (Å²) in [5.41, 5.74) is 2.05. The Kier molecular flexibility index (Phi) is 3.27. The quantitative estimate of drug-likeness (QED) is 0.544. The topological polar surface area (TPSA) is 64.2 Å². The third-order valence-electron chi connectivity index (χ3n) is 3.38. The molecule has 0 aliphatic rings. The number of rotatable bonds is 4. The molecule has 0 radical (unpaired) electrons. The molecule has 0 atom stereocenters. The lowest BCUT2D eigenvalue weighted by molar-refractivity contribution is -0.384. The molecular formula is C15H14N4O2. The molecular weight excluding hydrogens is 268 g/mol. The minimum Gasteiger partial charge on any atom is -0.281 e. The van der Waals surface area contributed by atoms with E-state index in [-0.39, 0.29) is 10.6 Å². The van der Waals surface area contributed by atoms with Crippen molar-refractivity contribution in [3.8, 4) is 0 Å². The number of fused-ring (bicyclic) bond motifs is 1. The van der Waals surface area contributed by atoms with Gasteiger partial charge in [0.1, 0.15) is 0 Å². The van der Waals surface area contributed by atoms with Gasteiger partial charge in [-0.25, -0.2) is 0 Å². The second kappa shape index (κ2) is 5.24. The van der Waals surface area contributed by atoms with Crippen LogP contribution < -0.4 is 5.01 Å². The van der Waals surface area contributed by atoms with Gasteiger partial charge in [0.05, 0.1) is 16.1 Å². The van der Waals surface area contributed by atoms with E-state index >= 15 is 0 Å². The van der Waals surface area contributed by atoms with Crippen molar-refractivity contribution in [1.82, 2.24) is 9.66 Å². The lowest BCUT2D eigenvalue weighted by Crippen LogP contribution is -2.28. The number of nitrogens with zero attached hydrogens (tertiary/aromatic N) is 4. The summed E-state index contributed by atoms with van der Waals surface area (Å²) >= 11 is 0. The van der Waals surface area contributed by atoms with E-state index in [1.807, 2.05) is 29.1 Å². The van der Waals surface area contributed by atoms with Crippen LogP contribution in [-0.2, 0) is 0 Å². The molecule has 0 saturated carbocycles. The molecule has 106 valence electrons. The van der Waals surface area contributed by atoms with Gasteiger partial charge in [-0.15, -0.1) is 0 Å². The van der Waals surface area contributed by atoms with Crippen LogP contribution in [0.15, 0.2) is 55.0 Å². The molecule has 0 N–H and O–H groups in total. The Balaban J connectivity index is 2.09. The average molecular weight is 282 g/mol. The number of pyridine rings is 1. The molecule has 6 heteroatoms. The second-order valence-corrected chi connectivity index (χ2v) is 4.58. The van der Waals surface area contributed by atoms with Gasteiger partial charge >= 0.3 is 0 Å². The number of benzene rings is 1. The summed E-state index contributed by atoms with van der Waals surface area (Å²) in [6.07, 6.45) is 5.40. The highest BCUT2D eigenvalue weighted by Gasteiger charge is 2.12. The maximum absolute atomic E-state index is 10.8. The second-order valence-electron chi connectivity index (χ2n) is 4.58. The first kappa shape index (κ1) is 13.1. The molecule has 0 saturated heterocycles. The fraction of sp³-hybridized carbons (Fsp3) is 0.133. The number of hydrogen-bond donors (Lipinski definition) is 0. The van der Waals surface area contributed by atoms with Gasteiger partial charge in [0.15, 0.2) is 0 Å². The van der Waals surface area contributed by atoms with E-state index in [1.54, 1.807) is 24.5 Å². The molecule has 3 rings (SSSR count). The van der Waals surface area contributed by atoms with Crippen LogP contribution in [0, 0.1) is 10.1 Å². The molecule has 0 fully saturated rings. The van der Waals surface area contributed by atoms with Gasteiger partial charge in [0.25, 0.3) is 5.69 Å². The maximum atomic E-state index is 10.8. The van der Waals surface area contributed by atoms with Gasteiger partial charge in [0.2, 0.25) is 0 Å². The van der Waals surface area contributed by atoms with Crippen LogP contribution in [-0.4, -0.2) is 21.1 Å². The molecule has 21 heavy (non-hydrogen) atoms. The zero-order valence-electron chi connectivity index (χ0n) is 11.5. The van der Waals surface area contributed by atoms with Gasteiger partial charge in [-0.05, 0) is 31.2 Å². The highest BCUT2D eigenvalue weighted by Crippen LogP contribution is 2.24. The number of nitro benzene ring substituents is 1. The molecule has 6 nitrogen and oxygen atoms in total. The molecule has 0 aliphatic carbocycles. The first-order valence-electron chi connectivity index (χ1n) is 6.64. The molecule has 0 aliphatic heterocycles. The van der Waals surface area contributed by atoms with Crippen LogP contribution in [0.2, 0.25) is 0 Å². The third kappa shape index (κ3) is 2.31. The van der Waals surface area contributed by atoms with E-state index in [1.165, 1.54) is 6.07 Å². The van der Waals surface area contributed by atoms with Crippen LogP contribution in [0.5, 0.6) is 0 Å². The van der Waals surface area contributed by atoms with E-state index in [0.717, 1.165) is 23.1 Å². The van der Waals surface area contributed by atoms with Gasteiger partial charge < -0.3 is 0 Å². The Bertz CT molecular complexity index is 783. The minimum absolute atomic E-state index is 0.104. The Morgan fingerprint density at radius 2 is 2.00 bits per heavy atom. The average Bonchev–Trinajstić information content (AvgIpc) is 2.92. The zero-order chi connectivity index (χ0) is 14.8. The van der Waals surface area contributed by atoms with E-state index in [4.69, 9.17) is 0 Å². The summed E-state index contributed by atoms with van der Waals surface area (Å²) in [5, 5.41) is 13.8. The van der Waals surface area contributed by atoms with Crippen molar-refractivity contribution >= 4 is 22.3 Å². The minimum atomic E-state index is -0.378. The third-order valence-corrected chi connectivity index (χ3v) is 3.38. The molecule has 2 aromatic heterocycles. The summed E-state index contributed by atoms with van der Waals surface area (Å²) in [6, 6.07) is 10.6. The number of nitro groups is 1. The van der Waals surface area contributed by atoms with Gasteiger partial charge in [0, 0.05) is 42.7 Å². The summed E-state index contributed by atoms with van der Waals surface area (Å²) in [5.74, 6) is 0. The summed E-state index contributed by atoms with van der Waals surface area (Å²) in [7, 11) is 0. The molecule has 0 bridgehead atoms. The van der Waals surface area contributed by atoms with Crippen LogP contribution in [0.3, 0.4) is 0 Å². The first-order chi connectivity index (χ1) is 10.2. The van der Waals surface area contributed by atoms with Crippen LogP contribution in [0.4, 0.5) is 11.4 Å². The Labute approximate surface area is 121 Å². The highest BCUT2D eigenvalue weighted by molar-refractivity contribution is 5.83. The van der Waals surface area contributed by atoms with Crippen molar-refractivity contribution in [3.05, 3.63) is 65.1 Å². The molecule has 0 amide bonds.